The molecule has 1 aliphatic heterocycles. The van der Waals surface area contributed by atoms with Crippen LogP contribution >= 0.6 is 0 Å². The zero-order chi connectivity index (χ0) is 20.2. The van der Waals surface area contributed by atoms with Gasteiger partial charge in [0, 0.05) is 19.1 Å². The SMILES string of the molecule is Cc1ccc(C)c(OCC(=O)NC2CCN(C(=O)OC(C)(C)C)CC2)c1C. The average molecular weight is 376 g/mol. The summed E-state index contributed by atoms with van der Waals surface area (Å²) >= 11 is 0. The Morgan fingerprint density at radius 1 is 1.11 bits per heavy atom. The average Bonchev–Trinajstić information content (AvgIpc) is 2.57. The van der Waals surface area contributed by atoms with Crippen molar-refractivity contribution in [2.24, 2.45) is 0 Å². The van der Waals surface area contributed by atoms with Crippen LogP contribution in [-0.4, -0.2) is 48.2 Å². The molecule has 0 spiro atoms. The lowest BCUT2D eigenvalue weighted by molar-refractivity contribution is -0.124. The van der Waals surface area contributed by atoms with Gasteiger partial charge in [-0.15, -0.1) is 0 Å². The number of rotatable bonds is 4. The fourth-order valence-corrected chi connectivity index (χ4v) is 3.09. The highest BCUT2D eigenvalue weighted by molar-refractivity contribution is 5.78. The van der Waals surface area contributed by atoms with Crippen molar-refractivity contribution >= 4 is 12.0 Å². The molecule has 1 fully saturated rings. The number of carbonyl (C=O) groups is 2. The minimum Gasteiger partial charge on any atom is -0.483 e. The summed E-state index contributed by atoms with van der Waals surface area (Å²) in [6.45, 7) is 12.7. The number of likely N-dealkylation sites (tertiary alicyclic amines) is 1. The van der Waals surface area contributed by atoms with Gasteiger partial charge in [0.1, 0.15) is 11.4 Å². The van der Waals surface area contributed by atoms with Crippen molar-refractivity contribution in [2.75, 3.05) is 19.7 Å². The van der Waals surface area contributed by atoms with Gasteiger partial charge in [-0.2, -0.15) is 0 Å². The Morgan fingerprint density at radius 2 is 1.70 bits per heavy atom. The Hall–Kier alpha value is -2.24. The van der Waals surface area contributed by atoms with E-state index in [9.17, 15) is 9.59 Å². The molecule has 1 aromatic carbocycles. The molecule has 6 nitrogen and oxygen atoms in total. The summed E-state index contributed by atoms with van der Waals surface area (Å²) in [4.78, 5) is 26.0. The fourth-order valence-electron chi connectivity index (χ4n) is 3.09. The van der Waals surface area contributed by atoms with E-state index in [1.165, 1.54) is 0 Å². The predicted octanol–water partition coefficient (Wildman–Crippen LogP) is 3.51. The molecule has 0 atom stereocenters. The summed E-state index contributed by atoms with van der Waals surface area (Å²) in [5.74, 6) is 0.649. The molecular formula is C21H32N2O4. The maximum absolute atomic E-state index is 12.3. The Bertz CT molecular complexity index is 686. The predicted molar refractivity (Wildman–Crippen MR) is 105 cm³/mol. The molecule has 0 unspecified atom stereocenters. The highest BCUT2D eigenvalue weighted by Gasteiger charge is 2.27. The van der Waals surface area contributed by atoms with Gasteiger partial charge in [0.15, 0.2) is 6.61 Å². The normalized spacial score (nSPS) is 15.4. The van der Waals surface area contributed by atoms with Crippen LogP contribution in [0.3, 0.4) is 0 Å². The summed E-state index contributed by atoms with van der Waals surface area (Å²) in [6.07, 6.45) is 1.14. The fraction of sp³-hybridized carbons (Fsp3) is 0.619. The number of carbonyl (C=O) groups excluding carboxylic acids is 2. The highest BCUT2D eigenvalue weighted by atomic mass is 16.6. The van der Waals surface area contributed by atoms with E-state index in [4.69, 9.17) is 9.47 Å². The van der Waals surface area contributed by atoms with Crippen LogP contribution < -0.4 is 10.1 Å². The van der Waals surface area contributed by atoms with Crippen molar-refractivity contribution in [1.29, 1.82) is 0 Å². The third-order valence-electron chi connectivity index (χ3n) is 4.73. The van der Waals surface area contributed by atoms with Gasteiger partial charge in [0.2, 0.25) is 0 Å². The largest absolute Gasteiger partial charge is 0.483 e. The van der Waals surface area contributed by atoms with E-state index in [1.807, 2.05) is 47.6 Å². The van der Waals surface area contributed by atoms with E-state index >= 15 is 0 Å². The van der Waals surface area contributed by atoms with Crippen LogP contribution in [0.5, 0.6) is 5.75 Å². The molecule has 0 bridgehead atoms. The molecule has 1 N–H and O–H groups in total. The van der Waals surface area contributed by atoms with Crippen molar-refractivity contribution in [3.63, 3.8) is 0 Å². The zero-order valence-corrected chi connectivity index (χ0v) is 17.3. The standard InChI is InChI=1S/C21H32N2O4/c1-14-7-8-15(2)19(16(14)3)26-13-18(24)22-17-9-11-23(12-10-17)20(25)27-21(4,5)6/h7-8,17H,9-13H2,1-6H3,(H,22,24). The molecular weight excluding hydrogens is 344 g/mol. The number of hydrogen-bond donors (Lipinski definition) is 1. The topological polar surface area (TPSA) is 67.9 Å². The number of nitrogens with one attached hydrogen (secondary N) is 1. The molecule has 27 heavy (non-hydrogen) atoms. The quantitative estimate of drug-likeness (QED) is 0.873. The van der Waals surface area contributed by atoms with Crippen molar-refractivity contribution in [3.05, 3.63) is 28.8 Å². The first kappa shape index (κ1) is 21.1. The van der Waals surface area contributed by atoms with Crippen molar-refractivity contribution in [2.45, 2.75) is 66.0 Å². The molecule has 0 radical (unpaired) electrons. The maximum Gasteiger partial charge on any atom is 0.410 e. The molecule has 0 saturated carbocycles. The van der Waals surface area contributed by atoms with E-state index in [2.05, 4.69) is 11.4 Å². The summed E-state index contributed by atoms with van der Waals surface area (Å²) in [5.41, 5.74) is 2.74. The Morgan fingerprint density at radius 3 is 2.30 bits per heavy atom. The van der Waals surface area contributed by atoms with E-state index < -0.39 is 5.60 Å². The van der Waals surface area contributed by atoms with Gasteiger partial charge in [-0.1, -0.05) is 12.1 Å². The van der Waals surface area contributed by atoms with Crippen LogP contribution in [0.1, 0.15) is 50.3 Å². The minimum atomic E-state index is -0.495. The Kier molecular flexibility index (Phi) is 6.73. The molecule has 1 aliphatic rings. The molecule has 150 valence electrons. The first-order chi connectivity index (χ1) is 12.6. The van der Waals surface area contributed by atoms with Crippen LogP contribution in [0.25, 0.3) is 0 Å². The first-order valence-corrected chi connectivity index (χ1v) is 9.53. The van der Waals surface area contributed by atoms with E-state index in [0.717, 1.165) is 22.4 Å². The number of ether oxygens (including phenoxy) is 2. The van der Waals surface area contributed by atoms with E-state index in [0.29, 0.717) is 25.9 Å². The number of aryl methyl sites for hydroxylation is 2. The number of piperidine rings is 1. The van der Waals surface area contributed by atoms with Gasteiger partial charge in [0.05, 0.1) is 0 Å². The smallest absolute Gasteiger partial charge is 0.410 e. The summed E-state index contributed by atoms with van der Waals surface area (Å²) in [6, 6.07) is 4.11. The maximum atomic E-state index is 12.3. The highest BCUT2D eigenvalue weighted by Crippen LogP contribution is 2.25. The molecule has 1 saturated heterocycles. The molecule has 2 rings (SSSR count). The molecule has 0 aliphatic carbocycles. The van der Waals surface area contributed by atoms with Crippen LogP contribution in [-0.2, 0) is 9.53 Å². The minimum absolute atomic E-state index is 0.00257. The monoisotopic (exact) mass is 376 g/mol. The second kappa shape index (κ2) is 8.63. The van der Waals surface area contributed by atoms with Crippen molar-refractivity contribution in [1.82, 2.24) is 10.2 Å². The lowest BCUT2D eigenvalue weighted by Gasteiger charge is -2.33. The number of nitrogens with zero attached hydrogens (tertiary/aromatic N) is 1. The second-order valence-electron chi connectivity index (χ2n) is 8.25. The van der Waals surface area contributed by atoms with Crippen molar-refractivity contribution in [3.8, 4) is 5.75 Å². The van der Waals surface area contributed by atoms with Gasteiger partial charge >= 0.3 is 6.09 Å². The van der Waals surface area contributed by atoms with Gasteiger partial charge in [0.25, 0.3) is 5.91 Å². The molecule has 1 heterocycles. The molecule has 6 heteroatoms. The number of hydrogen-bond acceptors (Lipinski definition) is 4. The van der Waals surface area contributed by atoms with Crippen LogP contribution in [0.4, 0.5) is 4.79 Å². The van der Waals surface area contributed by atoms with Crippen LogP contribution in [0, 0.1) is 20.8 Å². The summed E-state index contributed by atoms with van der Waals surface area (Å²) < 4.78 is 11.2. The Labute approximate surface area is 162 Å². The summed E-state index contributed by atoms with van der Waals surface area (Å²) in [5, 5.41) is 3.01. The third kappa shape index (κ3) is 6.15. The van der Waals surface area contributed by atoms with Crippen molar-refractivity contribution < 1.29 is 19.1 Å². The molecule has 2 amide bonds. The number of benzene rings is 1. The Balaban J connectivity index is 1.78. The summed E-state index contributed by atoms with van der Waals surface area (Å²) in [7, 11) is 0. The van der Waals surface area contributed by atoms with Crippen LogP contribution in [0.15, 0.2) is 12.1 Å². The van der Waals surface area contributed by atoms with Crippen LogP contribution in [0.2, 0.25) is 0 Å². The zero-order valence-electron chi connectivity index (χ0n) is 17.3. The lowest BCUT2D eigenvalue weighted by Crippen LogP contribution is -2.48. The first-order valence-electron chi connectivity index (χ1n) is 9.53. The molecule has 1 aromatic rings. The third-order valence-corrected chi connectivity index (χ3v) is 4.73. The van der Waals surface area contributed by atoms with Gasteiger partial charge in [-0.3, -0.25) is 4.79 Å². The lowest BCUT2D eigenvalue weighted by atomic mass is 10.1. The van der Waals surface area contributed by atoms with Gasteiger partial charge in [-0.05, 0) is 71.1 Å². The van der Waals surface area contributed by atoms with Gasteiger partial charge < -0.3 is 19.7 Å². The second-order valence-corrected chi connectivity index (χ2v) is 8.25. The number of amides is 2. The molecule has 0 aromatic heterocycles. The van der Waals surface area contributed by atoms with E-state index in [-0.39, 0.29) is 24.6 Å². The van der Waals surface area contributed by atoms with Gasteiger partial charge in [-0.25, -0.2) is 4.79 Å². The van der Waals surface area contributed by atoms with E-state index in [1.54, 1.807) is 4.90 Å².